The first-order valence-electron chi connectivity index (χ1n) is 7.27. The van der Waals surface area contributed by atoms with Crippen molar-refractivity contribution in [1.82, 2.24) is 10.3 Å². The second-order valence-electron chi connectivity index (χ2n) is 5.01. The minimum Gasteiger partial charge on any atom is -0.353 e. The number of hydrogen-bond donors (Lipinski definition) is 1. The average molecular weight is 319 g/mol. The Bertz CT molecular complexity index is 604. The van der Waals surface area contributed by atoms with E-state index in [1.165, 1.54) is 18.7 Å². The molecule has 0 saturated heterocycles. The lowest BCUT2D eigenvalue weighted by Crippen LogP contribution is -2.35. The Labute approximate surface area is 135 Å². The number of nitrogens with zero attached hydrogens (tertiary/aromatic N) is 2. The van der Waals surface area contributed by atoms with E-state index in [-0.39, 0.29) is 23.5 Å². The number of carbonyl (C=O) groups excluding carboxylic acids is 2. The second kappa shape index (κ2) is 8.54. The molecule has 22 heavy (non-hydrogen) atoms. The second-order valence-corrected chi connectivity index (χ2v) is 5.98. The summed E-state index contributed by atoms with van der Waals surface area (Å²) in [5.74, 6) is 0.0130. The molecular weight excluding hydrogens is 298 g/mol. The van der Waals surface area contributed by atoms with Crippen LogP contribution in [0.15, 0.2) is 11.1 Å². The molecule has 0 aliphatic rings. The lowest BCUT2D eigenvalue weighted by Gasteiger charge is -2.14. The van der Waals surface area contributed by atoms with Gasteiger partial charge in [0, 0.05) is 17.3 Å². The van der Waals surface area contributed by atoms with Gasteiger partial charge in [-0.2, -0.15) is 5.26 Å². The number of Topliss-reactive ketones (excluding diaryl/α,β-unsaturated/α-hetero) is 1. The molecule has 1 aromatic heterocycles. The van der Waals surface area contributed by atoms with E-state index in [2.05, 4.69) is 10.3 Å². The van der Waals surface area contributed by atoms with Crippen LogP contribution in [0, 0.1) is 18.3 Å². The molecule has 0 aliphatic heterocycles. The lowest BCUT2D eigenvalue weighted by molar-refractivity contribution is -0.119. The maximum atomic E-state index is 11.9. The molecule has 1 N–H and O–H groups in total. The molecule has 0 fully saturated rings. The summed E-state index contributed by atoms with van der Waals surface area (Å²) < 4.78 is 0. The van der Waals surface area contributed by atoms with E-state index in [4.69, 9.17) is 0 Å². The molecule has 1 heterocycles. The predicted molar refractivity (Wildman–Crippen MR) is 86.9 cm³/mol. The van der Waals surface area contributed by atoms with Crippen molar-refractivity contribution in [1.29, 1.82) is 5.26 Å². The van der Waals surface area contributed by atoms with Crippen molar-refractivity contribution in [2.24, 2.45) is 0 Å². The number of thioether (sulfide) groups is 1. The number of rotatable bonds is 7. The fourth-order valence-corrected chi connectivity index (χ4v) is 2.84. The van der Waals surface area contributed by atoms with Gasteiger partial charge in [-0.1, -0.05) is 25.6 Å². The lowest BCUT2D eigenvalue weighted by atomic mass is 10.1. The fourth-order valence-electron chi connectivity index (χ4n) is 2.03. The number of ketones is 1. The number of nitrogens with one attached hydrogen (secondary N) is 1. The summed E-state index contributed by atoms with van der Waals surface area (Å²) >= 11 is 1.22. The molecule has 0 bridgehead atoms. The topological polar surface area (TPSA) is 82.8 Å². The maximum Gasteiger partial charge on any atom is 0.230 e. The van der Waals surface area contributed by atoms with Gasteiger partial charge in [0.05, 0.1) is 11.3 Å². The van der Waals surface area contributed by atoms with E-state index in [1.54, 1.807) is 13.0 Å². The Hall–Kier alpha value is -1.87. The number of aryl methyl sites for hydroxylation is 1. The van der Waals surface area contributed by atoms with Crippen molar-refractivity contribution in [3.63, 3.8) is 0 Å². The van der Waals surface area contributed by atoms with Crippen LogP contribution in [0.1, 0.15) is 55.2 Å². The van der Waals surface area contributed by atoms with Crippen molar-refractivity contribution < 1.29 is 9.59 Å². The normalized spacial score (nSPS) is 10.4. The van der Waals surface area contributed by atoms with E-state index in [1.807, 2.05) is 19.9 Å². The maximum absolute atomic E-state index is 11.9. The summed E-state index contributed by atoms with van der Waals surface area (Å²) in [5, 5.41) is 12.6. The summed E-state index contributed by atoms with van der Waals surface area (Å²) in [6, 6.07) is 3.76. The van der Waals surface area contributed by atoms with Crippen molar-refractivity contribution >= 4 is 23.5 Å². The molecule has 0 atom stereocenters. The number of aromatic nitrogens is 1. The molecule has 118 valence electrons. The molecule has 0 radical (unpaired) electrons. The molecule has 1 amide bonds. The van der Waals surface area contributed by atoms with E-state index in [9.17, 15) is 14.9 Å². The number of amides is 1. The summed E-state index contributed by atoms with van der Waals surface area (Å²) in [4.78, 5) is 27.7. The van der Waals surface area contributed by atoms with E-state index in [0.29, 0.717) is 21.8 Å². The van der Waals surface area contributed by atoms with Crippen molar-refractivity contribution in [3.05, 3.63) is 22.9 Å². The fraction of sp³-hybridized carbons (Fsp3) is 0.500. The first-order chi connectivity index (χ1) is 10.4. The SMILES string of the molecule is CCC(CC)NC(=O)CSc1nc(C)c(C(C)=O)cc1C#N. The third-order valence-electron chi connectivity index (χ3n) is 3.37. The minimum absolute atomic E-state index is 0.0716. The molecule has 0 unspecified atom stereocenters. The van der Waals surface area contributed by atoms with Gasteiger partial charge in [0.1, 0.15) is 11.1 Å². The molecule has 6 heteroatoms. The summed E-state index contributed by atoms with van der Waals surface area (Å²) in [5.41, 5.74) is 1.35. The van der Waals surface area contributed by atoms with Crippen LogP contribution in [0.25, 0.3) is 0 Å². The van der Waals surface area contributed by atoms with Crippen LogP contribution in [0.5, 0.6) is 0 Å². The Kier molecular flexibility index (Phi) is 7.06. The summed E-state index contributed by atoms with van der Waals surface area (Å²) in [6.45, 7) is 7.23. The van der Waals surface area contributed by atoms with Gasteiger partial charge in [-0.05, 0) is 32.8 Å². The third-order valence-corrected chi connectivity index (χ3v) is 4.36. The minimum atomic E-state index is -0.121. The first kappa shape index (κ1) is 18.2. The molecule has 0 spiro atoms. The van der Waals surface area contributed by atoms with E-state index >= 15 is 0 Å². The highest BCUT2D eigenvalue weighted by molar-refractivity contribution is 8.00. The highest BCUT2D eigenvalue weighted by Crippen LogP contribution is 2.23. The van der Waals surface area contributed by atoms with Gasteiger partial charge >= 0.3 is 0 Å². The van der Waals surface area contributed by atoms with Crippen LogP contribution in [0.2, 0.25) is 0 Å². The zero-order chi connectivity index (χ0) is 16.7. The van der Waals surface area contributed by atoms with Gasteiger partial charge < -0.3 is 5.32 Å². The van der Waals surface area contributed by atoms with E-state index < -0.39 is 0 Å². The first-order valence-corrected chi connectivity index (χ1v) is 8.26. The molecule has 0 aliphatic carbocycles. The number of pyridine rings is 1. The van der Waals surface area contributed by atoms with Crippen LogP contribution in [0.4, 0.5) is 0 Å². The average Bonchev–Trinajstić information content (AvgIpc) is 2.50. The van der Waals surface area contributed by atoms with Crippen molar-refractivity contribution in [2.45, 2.75) is 51.6 Å². The largest absolute Gasteiger partial charge is 0.353 e. The molecular formula is C16H21N3O2S. The van der Waals surface area contributed by atoms with Gasteiger partial charge in [0.2, 0.25) is 5.91 Å². The smallest absolute Gasteiger partial charge is 0.230 e. The van der Waals surface area contributed by atoms with Gasteiger partial charge in [0.15, 0.2) is 5.78 Å². The Balaban J connectivity index is 2.82. The van der Waals surface area contributed by atoms with Gasteiger partial charge in [-0.3, -0.25) is 9.59 Å². The molecule has 1 rings (SSSR count). The van der Waals surface area contributed by atoms with Crippen LogP contribution in [0.3, 0.4) is 0 Å². The molecule has 0 saturated carbocycles. The summed E-state index contributed by atoms with van der Waals surface area (Å²) in [6.07, 6.45) is 1.78. The zero-order valence-electron chi connectivity index (χ0n) is 13.4. The Morgan fingerprint density at radius 3 is 2.55 bits per heavy atom. The quantitative estimate of drug-likeness (QED) is 0.617. The number of hydrogen-bond acceptors (Lipinski definition) is 5. The molecule has 5 nitrogen and oxygen atoms in total. The van der Waals surface area contributed by atoms with Gasteiger partial charge in [0.25, 0.3) is 0 Å². The number of nitriles is 1. The van der Waals surface area contributed by atoms with Crippen LogP contribution < -0.4 is 5.32 Å². The monoisotopic (exact) mass is 319 g/mol. The molecule has 0 aromatic carbocycles. The van der Waals surface area contributed by atoms with Crippen LogP contribution in [-0.4, -0.2) is 28.5 Å². The Morgan fingerprint density at radius 2 is 2.05 bits per heavy atom. The van der Waals surface area contributed by atoms with Crippen molar-refractivity contribution in [2.75, 3.05) is 5.75 Å². The van der Waals surface area contributed by atoms with Crippen LogP contribution >= 0.6 is 11.8 Å². The van der Waals surface area contributed by atoms with E-state index in [0.717, 1.165) is 12.8 Å². The summed E-state index contributed by atoms with van der Waals surface area (Å²) in [7, 11) is 0. The standard InChI is InChI=1S/C16H21N3O2S/c1-5-13(6-2)19-15(21)9-22-16-12(8-17)7-14(11(4)20)10(3)18-16/h7,13H,5-6,9H2,1-4H3,(H,19,21). The number of carbonyl (C=O) groups is 2. The highest BCUT2D eigenvalue weighted by Gasteiger charge is 2.15. The molecule has 1 aromatic rings. The van der Waals surface area contributed by atoms with Gasteiger partial charge in [-0.15, -0.1) is 0 Å². The third kappa shape index (κ3) is 4.85. The Morgan fingerprint density at radius 1 is 1.41 bits per heavy atom. The highest BCUT2D eigenvalue weighted by atomic mass is 32.2. The van der Waals surface area contributed by atoms with Gasteiger partial charge in [-0.25, -0.2) is 4.98 Å². The zero-order valence-corrected chi connectivity index (χ0v) is 14.2. The predicted octanol–water partition coefficient (Wildman–Crippen LogP) is 2.86. The van der Waals surface area contributed by atoms with Crippen LogP contribution in [-0.2, 0) is 4.79 Å². The van der Waals surface area contributed by atoms with Crippen molar-refractivity contribution in [3.8, 4) is 6.07 Å².